The number of hydrogen-bond donors (Lipinski definition) is 2. The minimum atomic E-state index is -0.609. The molecule has 4 nitrogen and oxygen atoms in total. The van der Waals surface area contributed by atoms with Crippen molar-refractivity contribution in [3.8, 4) is 5.75 Å². The molecule has 2 aliphatic heterocycles. The predicted molar refractivity (Wildman–Crippen MR) is 72.0 cm³/mol. The molecule has 0 unspecified atom stereocenters. The average molecular weight is 254 g/mol. The van der Waals surface area contributed by atoms with Gasteiger partial charge in [0.1, 0.15) is 5.75 Å². The van der Waals surface area contributed by atoms with E-state index < -0.39 is 5.72 Å². The van der Waals surface area contributed by atoms with Gasteiger partial charge in [-0.3, -0.25) is 0 Å². The summed E-state index contributed by atoms with van der Waals surface area (Å²) in [5.41, 5.74) is 0.480. The van der Waals surface area contributed by atoms with Gasteiger partial charge in [-0.05, 0) is 23.8 Å². The zero-order valence-electron chi connectivity index (χ0n) is 10.6. The Bertz CT molecular complexity index is 698. The van der Waals surface area contributed by atoms with Crippen molar-refractivity contribution in [3.63, 3.8) is 0 Å². The number of fused-ring (bicyclic) bond motifs is 6. The predicted octanol–water partition coefficient (Wildman–Crippen LogP) is 2.69. The van der Waals surface area contributed by atoms with E-state index in [1.807, 2.05) is 25.1 Å². The van der Waals surface area contributed by atoms with E-state index in [2.05, 4.69) is 28.8 Å². The van der Waals surface area contributed by atoms with Crippen LogP contribution in [0.25, 0.3) is 10.8 Å². The third-order valence-corrected chi connectivity index (χ3v) is 3.89. The second kappa shape index (κ2) is 3.41. The van der Waals surface area contributed by atoms with Gasteiger partial charge in [0.05, 0.1) is 6.04 Å². The fourth-order valence-corrected chi connectivity index (χ4v) is 3.13. The van der Waals surface area contributed by atoms with Crippen LogP contribution >= 0.6 is 0 Å². The Hall–Kier alpha value is -2.23. The minimum absolute atomic E-state index is 0.00796. The smallest absolute Gasteiger partial charge is 0.318 e. The van der Waals surface area contributed by atoms with Crippen molar-refractivity contribution >= 4 is 16.8 Å². The standard InChI is InChI=1S/C15H14N2O2/c1-15-8-11(16-14(18)17-15)13-10-5-3-2-4-9(10)6-7-12(13)19-15/h2-7,11H,8H2,1H3,(H2,16,17,18)/t11-,15-/m1/s1. The highest BCUT2D eigenvalue weighted by Crippen LogP contribution is 2.43. The molecule has 2 heterocycles. The van der Waals surface area contributed by atoms with Crippen LogP contribution in [0.15, 0.2) is 36.4 Å². The number of rotatable bonds is 0. The van der Waals surface area contributed by atoms with Gasteiger partial charge < -0.3 is 15.4 Å². The topological polar surface area (TPSA) is 50.4 Å². The molecule has 2 aromatic carbocycles. The van der Waals surface area contributed by atoms with Crippen molar-refractivity contribution in [2.24, 2.45) is 0 Å². The van der Waals surface area contributed by atoms with Gasteiger partial charge in [0.25, 0.3) is 0 Å². The SMILES string of the molecule is C[C@@]12C[C@@H](NC(=O)N1)c1c(ccc3ccccc13)O2. The van der Waals surface area contributed by atoms with E-state index in [0.29, 0.717) is 0 Å². The highest BCUT2D eigenvalue weighted by molar-refractivity contribution is 5.89. The van der Waals surface area contributed by atoms with Gasteiger partial charge in [0.15, 0.2) is 5.72 Å². The van der Waals surface area contributed by atoms with E-state index in [-0.39, 0.29) is 12.1 Å². The average Bonchev–Trinajstić information content (AvgIpc) is 2.36. The number of carbonyl (C=O) groups excluding carboxylic acids is 1. The van der Waals surface area contributed by atoms with Gasteiger partial charge in [0.2, 0.25) is 0 Å². The summed E-state index contributed by atoms with van der Waals surface area (Å²) < 4.78 is 6.00. The molecule has 2 aliphatic rings. The molecule has 19 heavy (non-hydrogen) atoms. The monoisotopic (exact) mass is 254 g/mol. The first-order valence-corrected chi connectivity index (χ1v) is 6.44. The maximum absolute atomic E-state index is 11.7. The van der Waals surface area contributed by atoms with E-state index in [4.69, 9.17) is 4.74 Å². The molecule has 1 fully saturated rings. The minimum Gasteiger partial charge on any atom is -0.468 e. The van der Waals surface area contributed by atoms with Gasteiger partial charge in [-0.25, -0.2) is 4.79 Å². The first kappa shape index (κ1) is 10.7. The Morgan fingerprint density at radius 1 is 1.26 bits per heavy atom. The molecule has 0 saturated carbocycles. The van der Waals surface area contributed by atoms with Gasteiger partial charge in [-0.2, -0.15) is 0 Å². The summed E-state index contributed by atoms with van der Waals surface area (Å²) in [6.45, 7) is 1.91. The molecule has 4 heteroatoms. The van der Waals surface area contributed by atoms with E-state index in [0.717, 1.165) is 23.1 Å². The lowest BCUT2D eigenvalue weighted by molar-refractivity contribution is 0.0125. The number of nitrogens with one attached hydrogen (secondary N) is 2. The molecule has 2 amide bonds. The Morgan fingerprint density at radius 3 is 3.00 bits per heavy atom. The number of urea groups is 1. The molecule has 2 N–H and O–H groups in total. The lowest BCUT2D eigenvalue weighted by atomic mass is 9.88. The second-order valence-corrected chi connectivity index (χ2v) is 5.39. The molecular formula is C15H14N2O2. The van der Waals surface area contributed by atoms with Gasteiger partial charge in [-0.1, -0.05) is 30.3 Å². The number of hydrogen-bond acceptors (Lipinski definition) is 2. The molecule has 4 rings (SSSR count). The van der Waals surface area contributed by atoms with Crippen LogP contribution in [-0.4, -0.2) is 11.8 Å². The van der Waals surface area contributed by atoms with Crippen LogP contribution in [0.4, 0.5) is 4.79 Å². The van der Waals surface area contributed by atoms with Crippen molar-refractivity contribution in [3.05, 3.63) is 42.0 Å². The molecule has 96 valence electrons. The maximum atomic E-state index is 11.7. The van der Waals surface area contributed by atoms with E-state index >= 15 is 0 Å². The van der Waals surface area contributed by atoms with Crippen LogP contribution in [0, 0.1) is 0 Å². The summed E-state index contributed by atoms with van der Waals surface area (Å²) in [4.78, 5) is 11.7. The van der Waals surface area contributed by atoms with Crippen LogP contribution in [0.1, 0.15) is 24.9 Å². The zero-order chi connectivity index (χ0) is 13.0. The fourth-order valence-electron chi connectivity index (χ4n) is 3.13. The maximum Gasteiger partial charge on any atom is 0.318 e. The molecule has 0 spiro atoms. The van der Waals surface area contributed by atoms with Crippen LogP contribution < -0.4 is 15.4 Å². The van der Waals surface area contributed by atoms with Crippen molar-refractivity contribution < 1.29 is 9.53 Å². The number of benzene rings is 2. The summed E-state index contributed by atoms with van der Waals surface area (Å²) in [7, 11) is 0. The highest BCUT2D eigenvalue weighted by Gasteiger charge is 2.43. The number of carbonyl (C=O) groups is 1. The molecule has 0 radical (unpaired) electrons. The second-order valence-electron chi connectivity index (χ2n) is 5.39. The van der Waals surface area contributed by atoms with E-state index in [1.165, 1.54) is 5.39 Å². The van der Waals surface area contributed by atoms with Crippen molar-refractivity contribution in [2.45, 2.75) is 25.1 Å². The molecule has 2 bridgehead atoms. The van der Waals surface area contributed by atoms with Crippen molar-refractivity contribution in [2.75, 3.05) is 0 Å². The Labute approximate surface area is 110 Å². The summed E-state index contributed by atoms with van der Waals surface area (Å²) in [6.07, 6.45) is 0.736. The third kappa shape index (κ3) is 1.49. The normalized spacial score (nSPS) is 28.1. The van der Waals surface area contributed by atoms with Crippen LogP contribution in [0.5, 0.6) is 5.75 Å². The summed E-state index contributed by atoms with van der Waals surface area (Å²) in [5.74, 6) is 0.852. The van der Waals surface area contributed by atoms with Crippen molar-refractivity contribution in [1.29, 1.82) is 0 Å². The molecule has 0 aromatic heterocycles. The molecule has 2 atom stereocenters. The quantitative estimate of drug-likeness (QED) is 0.759. The Kier molecular flexibility index (Phi) is 1.91. The van der Waals surface area contributed by atoms with Gasteiger partial charge in [-0.15, -0.1) is 0 Å². The molecule has 0 aliphatic carbocycles. The summed E-state index contributed by atoms with van der Waals surface area (Å²) >= 11 is 0. The fraction of sp³-hybridized carbons (Fsp3) is 0.267. The lowest BCUT2D eigenvalue weighted by Crippen LogP contribution is -2.62. The Balaban J connectivity index is 1.99. The zero-order valence-corrected chi connectivity index (χ0v) is 10.6. The Morgan fingerprint density at radius 2 is 2.11 bits per heavy atom. The van der Waals surface area contributed by atoms with Gasteiger partial charge in [0, 0.05) is 12.0 Å². The van der Waals surface area contributed by atoms with Crippen LogP contribution in [-0.2, 0) is 0 Å². The summed E-state index contributed by atoms with van der Waals surface area (Å²) in [5, 5.41) is 8.15. The third-order valence-electron chi connectivity index (χ3n) is 3.89. The van der Waals surface area contributed by atoms with E-state index in [9.17, 15) is 4.79 Å². The molecule has 1 saturated heterocycles. The summed E-state index contributed by atoms with van der Waals surface area (Å²) in [6, 6.07) is 12.1. The molecular weight excluding hydrogens is 240 g/mol. The first-order chi connectivity index (χ1) is 9.15. The largest absolute Gasteiger partial charge is 0.468 e. The first-order valence-electron chi connectivity index (χ1n) is 6.44. The number of ether oxygens (including phenoxy) is 1. The van der Waals surface area contributed by atoms with Crippen molar-refractivity contribution in [1.82, 2.24) is 10.6 Å². The highest BCUT2D eigenvalue weighted by atomic mass is 16.5. The van der Waals surface area contributed by atoms with Crippen LogP contribution in [0.2, 0.25) is 0 Å². The van der Waals surface area contributed by atoms with Gasteiger partial charge >= 0.3 is 6.03 Å². The molecule has 2 aromatic rings. The van der Waals surface area contributed by atoms with Crippen LogP contribution in [0.3, 0.4) is 0 Å². The van der Waals surface area contributed by atoms with E-state index in [1.54, 1.807) is 0 Å². The number of amides is 2. The lowest BCUT2D eigenvalue weighted by Gasteiger charge is -2.44.